The molecule has 3 amide bonds. The van der Waals surface area contributed by atoms with Crippen LogP contribution in [0, 0.1) is 5.82 Å². The van der Waals surface area contributed by atoms with E-state index in [0.717, 1.165) is 30.9 Å². The Morgan fingerprint density at radius 1 is 0.860 bits per heavy atom. The van der Waals surface area contributed by atoms with Gasteiger partial charge in [-0.2, -0.15) is 5.10 Å². The Bertz CT molecular complexity index is 1500. The van der Waals surface area contributed by atoms with Gasteiger partial charge in [0.05, 0.1) is 17.1 Å². The van der Waals surface area contributed by atoms with E-state index in [0.29, 0.717) is 56.2 Å². The summed E-state index contributed by atoms with van der Waals surface area (Å²) in [7, 11) is 1.79. The average Bonchev–Trinajstić information content (AvgIpc) is 3.19. The van der Waals surface area contributed by atoms with Gasteiger partial charge in [0.2, 0.25) is 0 Å². The third-order valence-corrected chi connectivity index (χ3v) is 7.98. The molecule has 0 spiro atoms. The molecule has 11 heteroatoms. The van der Waals surface area contributed by atoms with E-state index >= 15 is 0 Å². The summed E-state index contributed by atoms with van der Waals surface area (Å²) in [6.45, 7) is 11.1. The number of benzene rings is 2. The summed E-state index contributed by atoms with van der Waals surface area (Å²) >= 11 is 0. The SMILES string of the molecule is Cn1nc(C(C)(C)C)cc1C(=O)N1CCN(c2ccc(C(=O)N3CCCNCC3)cc2NC(=O)c2cccc(F)c2)CC1. The average molecular weight is 590 g/mol. The number of anilines is 2. The van der Waals surface area contributed by atoms with Crippen LogP contribution in [0.3, 0.4) is 0 Å². The van der Waals surface area contributed by atoms with Gasteiger partial charge in [0.25, 0.3) is 17.7 Å². The van der Waals surface area contributed by atoms with Crippen molar-refractivity contribution in [2.45, 2.75) is 32.6 Å². The minimum Gasteiger partial charge on any atom is -0.366 e. The Kier molecular flexibility index (Phi) is 8.82. The van der Waals surface area contributed by atoms with Gasteiger partial charge in [0.1, 0.15) is 11.5 Å². The zero-order valence-corrected chi connectivity index (χ0v) is 25.3. The number of nitrogens with zero attached hydrogens (tertiary/aromatic N) is 5. The van der Waals surface area contributed by atoms with Crippen molar-refractivity contribution in [3.8, 4) is 0 Å². The van der Waals surface area contributed by atoms with Gasteiger partial charge in [-0.1, -0.05) is 26.8 Å². The summed E-state index contributed by atoms with van der Waals surface area (Å²) in [5, 5.41) is 10.8. The lowest BCUT2D eigenvalue weighted by atomic mass is 9.92. The highest BCUT2D eigenvalue weighted by atomic mass is 19.1. The van der Waals surface area contributed by atoms with Crippen LogP contribution in [-0.4, -0.2) is 89.7 Å². The molecular formula is C32H40FN7O3. The van der Waals surface area contributed by atoms with E-state index in [1.807, 2.05) is 21.9 Å². The smallest absolute Gasteiger partial charge is 0.272 e. The number of carbonyl (C=O) groups is 3. The van der Waals surface area contributed by atoms with Gasteiger partial charge in [-0.15, -0.1) is 0 Å². The largest absolute Gasteiger partial charge is 0.366 e. The Hall–Kier alpha value is -4.25. The molecule has 2 N–H and O–H groups in total. The Morgan fingerprint density at radius 3 is 2.30 bits per heavy atom. The number of aromatic nitrogens is 2. The van der Waals surface area contributed by atoms with Crippen LogP contribution in [-0.2, 0) is 12.5 Å². The Morgan fingerprint density at radius 2 is 1.60 bits per heavy atom. The molecule has 10 nitrogen and oxygen atoms in total. The minimum atomic E-state index is -0.504. The number of aryl methyl sites for hydroxylation is 1. The number of halogens is 1. The highest BCUT2D eigenvalue weighted by Gasteiger charge is 2.29. The first-order chi connectivity index (χ1) is 20.5. The van der Waals surface area contributed by atoms with Gasteiger partial charge >= 0.3 is 0 Å². The predicted octanol–water partition coefficient (Wildman–Crippen LogP) is 3.51. The van der Waals surface area contributed by atoms with Crippen LogP contribution in [0.15, 0.2) is 48.5 Å². The van der Waals surface area contributed by atoms with Crippen LogP contribution in [0.25, 0.3) is 0 Å². The lowest BCUT2D eigenvalue weighted by molar-refractivity contribution is 0.0733. The number of amides is 3. The molecule has 0 radical (unpaired) electrons. The normalized spacial score (nSPS) is 16.2. The van der Waals surface area contributed by atoms with Gasteiger partial charge in [-0.05, 0) is 55.4 Å². The fourth-order valence-corrected chi connectivity index (χ4v) is 5.45. The molecule has 2 aliphatic rings. The summed E-state index contributed by atoms with van der Waals surface area (Å²) < 4.78 is 15.5. The summed E-state index contributed by atoms with van der Waals surface area (Å²) in [5.74, 6) is -1.14. The van der Waals surface area contributed by atoms with Crippen LogP contribution in [0.5, 0.6) is 0 Å². The topological polar surface area (TPSA) is 103 Å². The van der Waals surface area contributed by atoms with Crippen LogP contribution in [0.4, 0.5) is 15.8 Å². The molecule has 5 rings (SSSR count). The number of piperazine rings is 1. The maximum atomic E-state index is 13.9. The van der Waals surface area contributed by atoms with Crippen molar-refractivity contribution >= 4 is 29.1 Å². The Balaban J connectivity index is 1.36. The van der Waals surface area contributed by atoms with Crippen molar-refractivity contribution in [2.75, 3.05) is 62.6 Å². The van der Waals surface area contributed by atoms with E-state index in [9.17, 15) is 18.8 Å². The zero-order valence-electron chi connectivity index (χ0n) is 25.3. The first-order valence-electron chi connectivity index (χ1n) is 14.8. The van der Waals surface area contributed by atoms with Crippen molar-refractivity contribution in [3.05, 3.63) is 76.9 Å². The lowest BCUT2D eigenvalue weighted by Crippen LogP contribution is -2.49. The predicted molar refractivity (Wildman–Crippen MR) is 164 cm³/mol. The first-order valence-corrected chi connectivity index (χ1v) is 14.8. The quantitative estimate of drug-likeness (QED) is 0.473. The van der Waals surface area contributed by atoms with Crippen LogP contribution in [0.1, 0.15) is 64.1 Å². The second kappa shape index (κ2) is 12.5. The van der Waals surface area contributed by atoms with Gasteiger partial charge in [0.15, 0.2) is 0 Å². The van der Waals surface area contributed by atoms with E-state index in [4.69, 9.17) is 0 Å². The number of rotatable bonds is 5. The summed E-state index contributed by atoms with van der Waals surface area (Å²) in [5.41, 5.74) is 3.10. The van der Waals surface area contributed by atoms with E-state index in [1.54, 1.807) is 29.9 Å². The molecule has 3 heterocycles. The number of hydrogen-bond donors (Lipinski definition) is 2. The van der Waals surface area contributed by atoms with Crippen molar-refractivity contribution in [1.29, 1.82) is 0 Å². The first kappa shape index (κ1) is 30.2. The third-order valence-electron chi connectivity index (χ3n) is 7.98. The fraction of sp³-hybridized carbons (Fsp3) is 0.438. The second-order valence-electron chi connectivity index (χ2n) is 12.2. The molecule has 43 heavy (non-hydrogen) atoms. The molecular weight excluding hydrogens is 549 g/mol. The highest BCUT2D eigenvalue weighted by molar-refractivity contribution is 6.07. The molecule has 0 saturated carbocycles. The second-order valence-corrected chi connectivity index (χ2v) is 12.2. The van der Waals surface area contributed by atoms with Gasteiger partial charge < -0.3 is 25.3 Å². The zero-order chi connectivity index (χ0) is 30.7. The maximum Gasteiger partial charge on any atom is 0.272 e. The van der Waals surface area contributed by atoms with Crippen LogP contribution >= 0.6 is 0 Å². The lowest BCUT2D eigenvalue weighted by Gasteiger charge is -2.37. The van der Waals surface area contributed by atoms with Gasteiger partial charge in [0, 0.05) is 69.4 Å². The molecule has 228 valence electrons. The number of nitrogens with one attached hydrogen (secondary N) is 2. The van der Waals surface area contributed by atoms with E-state index < -0.39 is 11.7 Å². The molecule has 0 aliphatic carbocycles. The molecule has 0 bridgehead atoms. The number of carbonyl (C=O) groups excluding carboxylic acids is 3. The molecule has 2 fully saturated rings. The van der Waals surface area contributed by atoms with Gasteiger partial charge in [-0.25, -0.2) is 4.39 Å². The highest BCUT2D eigenvalue weighted by Crippen LogP contribution is 2.30. The molecule has 1 aromatic heterocycles. The molecule has 2 aliphatic heterocycles. The van der Waals surface area contributed by atoms with Crippen molar-refractivity contribution in [2.24, 2.45) is 7.05 Å². The minimum absolute atomic E-state index is 0.0716. The van der Waals surface area contributed by atoms with E-state index in [2.05, 4.69) is 41.4 Å². The monoisotopic (exact) mass is 589 g/mol. The van der Waals surface area contributed by atoms with E-state index in [-0.39, 0.29) is 22.8 Å². The molecule has 2 aromatic carbocycles. The van der Waals surface area contributed by atoms with Gasteiger partial charge in [-0.3, -0.25) is 19.1 Å². The number of hydrogen-bond acceptors (Lipinski definition) is 6. The standard InChI is InChI=1S/C32H40FN7O3/c1-32(2,3)28-21-27(37(4)36-28)31(43)40-17-15-38(16-18-40)26-10-9-23(30(42)39-13-6-11-34-12-14-39)20-25(26)35-29(41)22-7-5-8-24(33)19-22/h5,7-10,19-21,34H,6,11-18H2,1-4H3,(H,35,41). The molecule has 0 atom stereocenters. The summed E-state index contributed by atoms with van der Waals surface area (Å²) in [6.07, 6.45) is 0.867. The summed E-state index contributed by atoms with van der Waals surface area (Å²) in [6, 6.07) is 12.7. The molecule has 2 saturated heterocycles. The third kappa shape index (κ3) is 6.88. The van der Waals surface area contributed by atoms with Crippen molar-refractivity contribution in [1.82, 2.24) is 24.9 Å². The Labute approximate surface area is 251 Å². The fourth-order valence-electron chi connectivity index (χ4n) is 5.45. The van der Waals surface area contributed by atoms with Crippen LogP contribution in [0.2, 0.25) is 0 Å². The maximum absolute atomic E-state index is 13.9. The molecule has 0 unspecified atom stereocenters. The van der Waals surface area contributed by atoms with Crippen molar-refractivity contribution in [3.63, 3.8) is 0 Å². The van der Waals surface area contributed by atoms with E-state index in [1.165, 1.54) is 18.2 Å². The van der Waals surface area contributed by atoms with Crippen molar-refractivity contribution < 1.29 is 18.8 Å². The van der Waals surface area contributed by atoms with Crippen LogP contribution < -0.4 is 15.5 Å². The molecule has 3 aromatic rings. The summed E-state index contributed by atoms with van der Waals surface area (Å²) in [4.78, 5) is 45.7.